The van der Waals surface area contributed by atoms with Gasteiger partial charge in [0, 0.05) is 5.56 Å². The van der Waals surface area contributed by atoms with Crippen LogP contribution in [0.15, 0.2) is 55.1 Å². The van der Waals surface area contributed by atoms with Gasteiger partial charge in [0.1, 0.15) is 17.8 Å². The molecule has 0 spiro atoms. The molecule has 0 saturated heterocycles. The predicted octanol–water partition coefficient (Wildman–Crippen LogP) is 5.03. The van der Waals surface area contributed by atoms with Crippen LogP contribution in [-0.2, 0) is 0 Å². The molecule has 0 aliphatic rings. The molecule has 24 heavy (non-hydrogen) atoms. The lowest BCUT2D eigenvalue weighted by Gasteiger charge is -2.03. The zero-order valence-corrected chi connectivity index (χ0v) is 12.4. The summed E-state index contributed by atoms with van der Waals surface area (Å²) in [5.74, 6) is 0.214. The van der Waals surface area contributed by atoms with Crippen LogP contribution in [0.1, 0.15) is 15.9 Å². The van der Waals surface area contributed by atoms with Gasteiger partial charge in [-0.2, -0.15) is 17.6 Å². The van der Waals surface area contributed by atoms with Crippen LogP contribution in [0.25, 0.3) is 6.08 Å². The van der Waals surface area contributed by atoms with E-state index >= 15 is 0 Å². The van der Waals surface area contributed by atoms with Gasteiger partial charge in [-0.25, -0.2) is 0 Å². The van der Waals surface area contributed by atoms with Crippen molar-refractivity contribution < 1.29 is 31.8 Å². The van der Waals surface area contributed by atoms with Crippen molar-refractivity contribution in [2.75, 3.05) is 0 Å². The molecule has 0 unspecified atom stereocenters. The van der Waals surface area contributed by atoms with E-state index in [2.05, 4.69) is 16.1 Å². The Labute approximate surface area is 136 Å². The Morgan fingerprint density at radius 1 is 0.750 bits per heavy atom. The number of aldehydes is 1. The molecule has 0 aliphatic carbocycles. The first-order valence-electron chi connectivity index (χ1n) is 6.62. The lowest BCUT2D eigenvalue weighted by Crippen LogP contribution is -2.01. The summed E-state index contributed by atoms with van der Waals surface area (Å²) in [5, 5.41) is 0. The standard InChI is InChI=1S/C9H8F2O.C8H6F2O2/c1-2-7-3-5-8(6-4-7)12-9(10)11;9-8(10)12-7-3-1-6(5-11)2-4-7/h2-6,9H,1H2;1-5,8H. The lowest BCUT2D eigenvalue weighted by atomic mass is 10.2. The molecule has 0 bridgehead atoms. The Bertz CT molecular complexity index is 568. The number of hydrogen-bond donors (Lipinski definition) is 0. The summed E-state index contributed by atoms with van der Waals surface area (Å²) in [5.41, 5.74) is 1.30. The highest BCUT2D eigenvalue weighted by Gasteiger charge is 2.03. The highest BCUT2D eigenvalue weighted by atomic mass is 19.3. The maximum atomic E-state index is 11.7. The third kappa shape index (κ3) is 7.44. The number of ether oxygens (including phenoxy) is 2. The van der Waals surface area contributed by atoms with Crippen LogP contribution in [-0.4, -0.2) is 19.5 Å². The van der Waals surface area contributed by atoms with Crippen LogP contribution in [0.3, 0.4) is 0 Å². The first-order chi connectivity index (χ1) is 11.4. The molecule has 0 saturated carbocycles. The molecule has 0 fully saturated rings. The fourth-order valence-corrected chi connectivity index (χ4v) is 1.51. The summed E-state index contributed by atoms with van der Waals surface area (Å²) in [6, 6.07) is 11.7. The van der Waals surface area contributed by atoms with Crippen molar-refractivity contribution in [1.29, 1.82) is 0 Å². The van der Waals surface area contributed by atoms with Gasteiger partial charge in [0.15, 0.2) is 0 Å². The zero-order chi connectivity index (χ0) is 17.9. The molecule has 0 heterocycles. The van der Waals surface area contributed by atoms with Gasteiger partial charge in [-0.1, -0.05) is 24.8 Å². The molecule has 7 heteroatoms. The fourth-order valence-electron chi connectivity index (χ4n) is 1.51. The van der Waals surface area contributed by atoms with Crippen LogP contribution in [0.2, 0.25) is 0 Å². The summed E-state index contributed by atoms with van der Waals surface area (Å²) in [4.78, 5) is 10.2. The summed E-state index contributed by atoms with van der Waals surface area (Å²) in [6.07, 6.45) is 2.26. The van der Waals surface area contributed by atoms with Gasteiger partial charge in [-0.15, -0.1) is 0 Å². The van der Waals surface area contributed by atoms with Gasteiger partial charge in [-0.05, 0) is 42.0 Å². The van der Waals surface area contributed by atoms with Crippen molar-refractivity contribution in [2.24, 2.45) is 0 Å². The van der Waals surface area contributed by atoms with E-state index < -0.39 is 13.2 Å². The minimum atomic E-state index is -2.83. The van der Waals surface area contributed by atoms with Crippen molar-refractivity contribution in [3.63, 3.8) is 0 Å². The number of benzene rings is 2. The van der Waals surface area contributed by atoms with Crippen molar-refractivity contribution in [1.82, 2.24) is 0 Å². The second-order valence-corrected chi connectivity index (χ2v) is 4.22. The SMILES string of the molecule is C=Cc1ccc(OC(F)F)cc1.O=Cc1ccc(OC(F)F)cc1. The second-order valence-electron chi connectivity index (χ2n) is 4.22. The Morgan fingerprint density at radius 3 is 1.42 bits per heavy atom. The molecule has 2 rings (SSSR count). The van der Waals surface area contributed by atoms with Crippen molar-refractivity contribution in [3.8, 4) is 11.5 Å². The maximum absolute atomic E-state index is 11.7. The van der Waals surface area contributed by atoms with Gasteiger partial charge < -0.3 is 9.47 Å². The largest absolute Gasteiger partial charge is 0.435 e. The molecular weight excluding hydrogens is 328 g/mol. The van der Waals surface area contributed by atoms with Crippen LogP contribution >= 0.6 is 0 Å². The maximum Gasteiger partial charge on any atom is 0.387 e. The zero-order valence-electron chi connectivity index (χ0n) is 12.4. The van der Waals surface area contributed by atoms with E-state index in [9.17, 15) is 22.4 Å². The van der Waals surface area contributed by atoms with E-state index in [0.29, 0.717) is 11.8 Å². The molecule has 2 aromatic carbocycles. The summed E-state index contributed by atoms with van der Waals surface area (Å²) in [7, 11) is 0. The first kappa shape index (κ1) is 19.2. The smallest absolute Gasteiger partial charge is 0.387 e. The summed E-state index contributed by atoms with van der Waals surface area (Å²) < 4.78 is 54.8. The van der Waals surface area contributed by atoms with Crippen LogP contribution in [0.4, 0.5) is 17.6 Å². The van der Waals surface area contributed by atoms with Crippen LogP contribution < -0.4 is 9.47 Å². The minimum Gasteiger partial charge on any atom is -0.435 e. The van der Waals surface area contributed by atoms with Crippen molar-refractivity contribution >= 4 is 12.4 Å². The molecule has 2 aromatic rings. The van der Waals surface area contributed by atoms with Gasteiger partial charge in [0.2, 0.25) is 0 Å². The summed E-state index contributed by atoms with van der Waals surface area (Å²) >= 11 is 0. The summed E-state index contributed by atoms with van der Waals surface area (Å²) in [6.45, 7) is -2.06. The Balaban J connectivity index is 0.000000240. The monoisotopic (exact) mass is 342 g/mol. The van der Waals surface area contributed by atoms with Crippen molar-refractivity contribution in [2.45, 2.75) is 13.2 Å². The van der Waals surface area contributed by atoms with Gasteiger partial charge in [-0.3, -0.25) is 4.79 Å². The lowest BCUT2D eigenvalue weighted by molar-refractivity contribution is -0.0505. The highest BCUT2D eigenvalue weighted by molar-refractivity contribution is 5.74. The van der Waals surface area contributed by atoms with E-state index in [0.717, 1.165) is 5.56 Å². The fraction of sp³-hybridized carbons (Fsp3) is 0.118. The van der Waals surface area contributed by atoms with Crippen molar-refractivity contribution in [3.05, 3.63) is 66.2 Å². The van der Waals surface area contributed by atoms with E-state index in [1.807, 2.05) is 0 Å². The van der Waals surface area contributed by atoms with Crippen LogP contribution in [0, 0.1) is 0 Å². The molecule has 3 nitrogen and oxygen atoms in total. The van der Waals surface area contributed by atoms with E-state index in [1.165, 1.54) is 36.4 Å². The molecule has 128 valence electrons. The van der Waals surface area contributed by atoms with E-state index in [1.54, 1.807) is 18.2 Å². The predicted molar refractivity (Wildman–Crippen MR) is 81.6 cm³/mol. The van der Waals surface area contributed by atoms with E-state index in [-0.39, 0.29) is 11.5 Å². The number of carbonyl (C=O) groups is 1. The van der Waals surface area contributed by atoms with E-state index in [4.69, 9.17) is 0 Å². The quantitative estimate of drug-likeness (QED) is 0.545. The highest BCUT2D eigenvalue weighted by Crippen LogP contribution is 2.15. The first-order valence-corrected chi connectivity index (χ1v) is 6.62. The number of rotatable bonds is 6. The molecule has 0 radical (unpaired) electrons. The minimum absolute atomic E-state index is 0.0515. The number of halogens is 4. The molecule has 0 N–H and O–H groups in total. The average molecular weight is 342 g/mol. The third-order valence-corrected chi connectivity index (χ3v) is 2.58. The molecular formula is C17H14F4O3. The van der Waals surface area contributed by atoms with Gasteiger partial charge >= 0.3 is 13.2 Å². The second kappa shape index (κ2) is 10.0. The number of hydrogen-bond acceptors (Lipinski definition) is 3. The van der Waals surface area contributed by atoms with Gasteiger partial charge in [0.05, 0.1) is 0 Å². The Morgan fingerprint density at radius 2 is 1.12 bits per heavy atom. The molecule has 0 aliphatic heterocycles. The Kier molecular flexibility index (Phi) is 8.04. The molecule has 0 amide bonds. The number of alkyl halides is 4. The topological polar surface area (TPSA) is 35.5 Å². The normalized spacial score (nSPS) is 9.92. The third-order valence-electron chi connectivity index (χ3n) is 2.58. The average Bonchev–Trinajstić information content (AvgIpc) is 2.56. The number of carbonyl (C=O) groups excluding carboxylic acids is 1. The molecule has 0 atom stereocenters. The van der Waals surface area contributed by atoms with Gasteiger partial charge in [0.25, 0.3) is 0 Å². The molecule has 0 aromatic heterocycles. The van der Waals surface area contributed by atoms with Crippen LogP contribution in [0.5, 0.6) is 11.5 Å². The Hall–Kier alpha value is -2.83.